The van der Waals surface area contributed by atoms with Crippen LogP contribution in [0, 0.1) is 0 Å². The van der Waals surface area contributed by atoms with Crippen LogP contribution < -0.4 is 14.8 Å². The zero-order valence-electron chi connectivity index (χ0n) is 21.6. The Kier molecular flexibility index (Phi) is 11.6. The molecule has 1 atom stereocenters. The third-order valence-corrected chi connectivity index (χ3v) is 7.85. The molecule has 0 bridgehead atoms. The normalized spacial score (nSPS) is 15.5. The fraction of sp³-hybridized carbons (Fsp3) is 0.667. The quantitative estimate of drug-likeness (QED) is 0.267. The van der Waals surface area contributed by atoms with Gasteiger partial charge in [0.1, 0.15) is 0 Å². The van der Waals surface area contributed by atoms with Crippen LogP contribution in [0.25, 0.3) is 0 Å². The molecule has 1 unspecified atom stereocenters. The van der Waals surface area contributed by atoms with E-state index in [0.717, 1.165) is 48.3 Å². The van der Waals surface area contributed by atoms with Gasteiger partial charge in [0.25, 0.3) is 0 Å². The first-order chi connectivity index (χ1) is 16.7. The van der Waals surface area contributed by atoms with Crippen LogP contribution in [0.15, 0.2) is 29.7 Å². The number of hydrogen-bond acceptors (Lipinski definition) is 6. The Morgan fingerprint density at radius 3 is 2.71 bits per heavy atom. The van der Waals surface area contributed by atoms with Crippen molar-refractivity contribution in [3.63, 3.8) is 0 Å². The Bertz CT molecular complexity index is 857. The predicted octanol–water partition coefficient (Wildman–Crippen LogP) is 4.95. The van der Waals surface area contributed by atoms with Crippen LogP contribution in [0.4, 0.5) is 0 Å². The monoisotopic (exact) mass is 488 g/mol. The highest BCUT2D eigenvalue weighted by molar-refractivity contribution is 7.99. The van der Waals surface area contributed by atoms with Gasteiger partial charge in [0, 0.05) is 43.3 Å². The van der Waals surface area contributed by atoms with Crippen molar-refractivity contribution >= 4 is 11.8 Å². The maximum absolute atomic E-state index is 5.68. The fourth-order valence-electron chi connectivity index (χ4n) is 4.99. The number of fused-ring (bicyclic) bond motifs is 1. The number of methoxy groups -OCH3 is 2. The molecule has 1 N–H and O–H groups in total. The highest BCUT2D eigenvalue weighted by Crippen LogP contribution is 2.38. The number of hydrogen-bond donors (Lipinski definition) is 1. The topological polar surface area (TPSA) is 51.6 Å². The van der Waals surface area contributed by atoms with Gasteiger partial charge in [0.2, 0.25) is 0 Å². The minimum Gasteiger partial charge on any atom is -0.493 e. The second-order valence-electron chi connectivity index (χ2n) is 9.20. The average Bonchev–Trinajstić information content (AvgIpc) is 3.27. The number of aryl methyl sites for hydroxylation is 1. The van der Waals surface area contributed by atoms with Crippen molar-refractivity contribution in [2.45, 2.75) is 69.5 Å². The van der Waals surface area contributed by atoms with Crippen molar-refractivity contribution in [3.8, 4) is 11.5 Å². The zero-order chi connectivity index (χ0) is 24.2. The van der Waals surface area contributed by atoms with Crippen molar-refractivity contribution in [1.29, 1.82) is 0 Å². The van der Waals surface area contributed by atoms with Gasteiger partial charge in [-0.15, -0.1) is 0 Å². The largest absolute Gasteiger partial charge is 0.493 e. The highest BCUT2D eigenvalue weighted by Gasteiger charge is 2.27. The summed E-state index contributed by atoms with van der Waals surface area (Å²) in [6.07, 6.45) is 13.7. The summed E-state index contributed by atoms with van der Waals surface area (Å²) in [5.74, 6) is 2.86. The molecule has 0 fully saturated rings. The predicted molar refractivity (Wildman–Crippen MR) is 142 cm³/mol. The zero-order valence-corrected chi connectivity index (χ0v) is 22.5. The first-order valence-corrected chi connectivity index (χ1v) is 13.9. The fourth-order valence-corrected chi connectivity index (χ4v) is 5.82. The van der Waals surface area contributed by atoms with Gasteiger partial charge in [-0.1, -0.05) is 37.6 Å². The van der Waals surface area contributed by atoms with E-state index in [2.05, 4.69) is 38.8 Å². The number of ether oxygens (including phenoxy) is 2. The molecule has 1 aromatic carbocycles. The number of nitrogens with zero attached hydrogens (tertiary/aromatic N) is 3. The summed E-state index contributed by atoms with van der Waals surface area (Å²) in [5.41, 5.74) is 2.78. The van der Waals surface area contributed by atoms with E-state index in [9.17, 15) is 0 Å². The summed E-state index contributed by atoms with van der Waals surface area (Å²) < 4.78 is 13.3. The molecule has 2 aromatic rings. The first-order valence-electron chi connectivity index (χ1n) is 13.0. The lowest BCUT2D eigenvalue weighted by Crippen LogP contribution is -2.40. The number of unbranched alkanes of at least 4 members (excludes halogenated alkanes) is 3. The molecule has 6 nitrogen and oxygen atoms in total. The molecule has 0 amide bonds. The van der Waals surface area contributed by atoms with Crippen molar-refractivity contribution < 1.29 is 9.47 Å². The van der Waals surface area contributed by atoms with E-state index < -0.39 is 0 Å². The van der Waals surface area contributed by atoms with Crippen LogP contribution in [-0.4, -0.2) is 66.6 Å². The Morgan fingerprint density at radius 1 is 1.12 bits per heavy atom. The minimum absolute atomic E-state index is 0.642. The van der Waals surface area contributed by atoms with E-state index in [0.29, 0.717) is 6.04 Å². The smallest absolute Gasteiger partial charge is 0.167 e. The van der Waals surface area contributed by atoms with Gasteiger partial charge < -0.3 is 24.3 Å². The van der Waals surface area contributed by atoms with Gasteiger partial charge >= 0.3 is 0 Å². The second-order valence-corrected chi connectivity index (χ2v) is 10.3. The lowest BCUT2D eigenvalue weighted by atomic mass is 9.86. The maximum atomic E-state index is 5.68. The highest BCUT2D eigenvalue weighted by atomic mass is 32.2. The van der Waals surface area contributed by atoms with Gasteiger partial charge in [-0.3, -0.25) is 0 Å². The van der Waals surface area contributed by atoms with Gasteiger partial charge in [0.15, 0.2) is 16.7 Å². The molecule has 3 rings (SSSR count). The van der Waals surface area contributed by atoms with Crippen molar-refractivity contribution in [3.05, 3.63) is 35.7 Å². The van der Waals surface area contributed by atoms with E-state index >= 15 is 0 Å². The van der Waals surface area contributed by atoms with Crippen molar-refractivity contribution in [2.75, 3.05) is 46.2 Å². The third kappa shape index (κ3) is 7.65. The van der Waals surface area contributed by atoms with Crippen LogP contribution in [0.5, 0.6) is 11.5 Å². The molecule has 190 valence electrons. The third-order valence-electron chi connectivity index (χ3n) is 6.79. The van der Waals surface area contributed by atoms with Crippen LogP contribution in [0.2, 0.25) is 0 Å². The molecular weight excluding hydrogens is 444 g/mol. The minimum atomic E-state index is 0.642. The lowest BCUT2D eigenvalue weighted by molar-refractivity contribution is 0.175. The lowest BCUT2D eigenvalue weighted by Gasteiger charge is -2.36. The molecule has 1 aromatic heterocycles. The van der Waals surface area contributed by atoms with Crippen molar-refractivity contribution in [1.82, 2.24) is 19.8 Å². The molecule has 0 saturated carbocycles. The Labute approximate surface area is 210 Å². The summed E-state index contributed by atoms with van der Waals surface area (Å²) in [6, 6.07) is 4.95. The number of aromatic nitrogens is 2. The van der Waals surface area contributed by atoms with Gasteiger partial charge in [-0.2, -0.15) is 0 Å². The summed E-state index contributed by atoms with van der Waals surface area (Å²) in [4.78, 5) is 7.10. The van der Waals surface area contributed by atoms with Crippen LogP contribution in [-0.2, 0) is 19.9 Å². The van der Waals surface area contributed by atoms with Gasteiger partial charge in [-0.25, -0.2) is 4.98 Å². The SMILES string of the molecule is CCCN(CCCCCCNCCSc1nccn1C)C1CCc2c(ccc(OC)c2OC)C1. The van der Waals surface area contributed by atoms with Crippen LogP contribution in [0.3, 0.4) is 0 Å². The number of nitrogens with one attached hydrogen (secondary N) is 1. The number of rotatable bonds is 16. The number of imidazole rings is 1. The molecule has 0 aliphatic heterocycles. The van der Waals surface area contributed by atoms with E-state index in [1.54, 1.807) is 14.2 Å². The van der Waals surface area contributed by atoms with E-state index in [1.807, 2.05) is 31.2 Å². The van der Waals surface area contributed by atoms with E-state index in [-0.39, 0.29) is 0 Å². The van der Waals surface area contributed by atoms with Gasteiger partial charge in [-0.05, 0) is 69.8 Å². The van der Waals surface area contributed by atoms with Crippen LogP contribution >= 0.6 is 11.8 Å². The molecule has 1 aliphatic carbocycles. The Morgan fingerprint density at radius 2 is 1.97 bits per heavy atom. The Balaban J connectivity index is 1.32. The summed E-state index contributed by atoms with van der Waals surface area (Å²) in [7, 11) is 5.52. The molecule has 34 heavy (non-hydrogen) atoms. The average molecular weight is 489 g/mol. The summed E-state index contributed by atoms with van der Waals surface area (Å²) in [6.45, 7) is 6.87. The second kappa shape index (κ2) is 14.6. The van der Waals surface area contributed by atoms with E-state index in [1.165, 1.54) is 62.7 Å². The first kappa shape index (κ1) is 26.9. The molecule has 1 heterocycles. The molecule has 0 spiro atoms. The molecule has 0 radical (unpaired) electrons. The number of thioether (sulfide) groups is 1. The standard InChI is InChI=1S/C27H44N4O2S/c1-5-17-31(23-11-12-24-22(21-23)10-13-25(32-3)26(24)33-4)18-9-7-6-8-14-28-16-20-34-27-29-15-19-30(27)2/h10,13,15,19,23,28H,5-9,11-12,14,16-18,20-21H2,1-4H3. The molecule has 0 saturated heterocycles. The molecule has 7 heteroatoms. The Hall–Kier alpha value is -1.70. The van der Waals surface area contributed by atoms with Crippen LogP contribution in [0.1, 0.15) is 56.6 Å². The van der Waals surface area contributed by atoms with Crippen molar-refractivity contribution in [2.24, 2.45) is 7.05 Å². The van der Waals surface area contributed by atoms with Gasteiger partial charge in [0.05, 0.1) is 14.2 Å². The number of benzene rings is 1. The van der Waals surface area contributed by atoms with E-state index in [4.69, 9.17) is 9.47 Å². The summed E-state index contributed by atoms with van der Waals surface area (Å²) >= 11 is 1.82. The maximum Gasteiger partial charge on any atom is 0.167 e. The molecular formula is C27H44N4O2S. The molecule has 1 aliphatic rings. The summed E-state index contributed by atoms with van der Waals surface area (Å²) in [5, 5.41) is 4.67.